The van der Waals surface area contributed by atoms with E-state index in [1.165, 1.54) is 0 Å². The lowest BCUT2D eigenvalue weighted by Crippen LogP contribution is -2.59. The maximum absolute atomic E-state index is 12.1. The van der Waals surface area contributed by atoms with Crippen molar-refractivity contribution in [2.45, 2.75) is 37.3 Å². The number of likely N-dealkylation sites (N-methyl/N-ethyl adjacent to an activating group) is 1. The van der Waals surface area contributed by atoms with Crippen LogP contribution in [0.25, 0.3) is 0 Å². The van der Waals surface area contributed by atoms with Crippen molar-refractivity contribution >= 4 is 11.8 Å². The standard InChI is InChI=1S/C12H21N3O3/c1-15(8-12(18)4-2-3-5-12)11(17)9-6-14-10(16)7-13-9/h9,13,18H,2-8H2,1H3,(H,14,16). The van der Waals surface area contributed by atoms with E-state index in [1.807, 2.05) is 0 Å². The average molecular weight is 255 g/mol. The Morgan fingerprint density at radius 1 is 1.50 bits per heavy atom. The number of nitrogens with one attached hydrogen (secondary N) is 2. The highest BCUT2D eigenvalue weighted by molar-refractivity contribution is 5.86. The van der Waals surface area contributed by atoms with Crippen LogP contribution in [0.1, 0.15) is 25.7 Å². The van der Waals surface area contributed by atoms with Gasteiger partial charge in [-0.25, -0.2) is 0 Å². The fourth-order valence-corrected chi connectivity index (χ4v) is 2.72. The molecule has 1 aliphatic carbocycles. The van der Waals surface area contributed by atoms with Crippen LogP contribution in [0.4, 0.5) is 0 Å². The molecule has 1 atom stereocenters. The third-order valence-electron chi connectivity index (χ3n) is 3.75. The number of carbonyl (C=O) groups excluding carboxylic acids is 2. The predicted molar refractivity (Wildman–Crippen MR) is 65.9 cm³/mol. The van der Waals surface area contributed by atoms with Gasteiger partial charge in [-0.15, -0.1) is 0 Å². The molecule has 1 saturated carbocycles. The van der Waals surface area contributed by atoms with Crippen LogP contribution in [0.3, 0.4) is 0 Å². The molecule has 0 bridgehead atoms. The first kappa shape index (κ1) is 13.3. The second-order valence-corrected chi connectivity index (χ2v) is 5.36. The summed E-state index contributed by atoms with van der Waals surface area (Å²) in [5.41, 5.74) is -0.720. The van der Waals surface area contributed by atoms with Crippen molar-refractivity contribution in [1.82, 2.24) is 15.5 Å². The molecule has 1 unspecified atom stereocenters. The largest absolute Gasteiger partial charge is 0.388 e. The molecule has 0 aromatic carbocycles. The summed E-state index contributed by atoms with van der Waals surface area (Å²) in [4.78, 5) is 24.7. The van der Waals surface area contributed by atoms with Gasteiger partial charge in [-0.3, -0.25) is 14.9 Å². The van der Waals surface area contributed by atoms with Crippen LogP contribution < -0.4 is 10.6 Å². The van der Waals surface area contributed by atoms with Crippen molar-refractivity contribution in [3.8, 4) is 0 Å². The number of amides is 2. The van der Waals surface area contributed by atoms with Gasteiger partial charge in [0, 0.05) is 20.1 Å². The van der Waals surface area contributed by atoms with Gasteiger partial charge in [-0.1, -0.05) is 12.8 Å². The minimum absolute atomic E-state index is 0.0738. The molecule has 2 amide bonds. The molecule has 0 spiro atoms. The summed E-state index contributed by atoms with van der Waals surface area (Å²) in [7, 11) is 1.71. The third-order valence-corrected chi connectivity index (χ3v) is 3.75. The van der Waals surface area contributed by atoms with Crippen LogP contribution in [0, 0.1) is 0 Å². The van der Waals surface area contributed by atoms with E-state index in [1.54, 1.807) is 11.9 Å². The summed E-state index contributed by atoms with van der Waals surface area (Å²) < 4.78 is 0. The van der Waals surface area contributed by atoms with E-state index in [2.05, 4.69) is 10.6 Å². The highest BCUT2D eigenvalue weighted by Crippen LogP contribution is 2.29. The summed E-state index contributed by atoms with van der Waals surface area (Å²) in [5.74, 6) is -0.161. The first-order valence-corrected chi connectivity index (χ1v) is 6.48. The van der Waals surface area contributed by atoms with Gasteiger partial charge < -0.3 is 15.3 Å². The molecule has 0 aromatic rings. The third kappa shape index (κ3) is 3.00. The Balaban J connectivity index is 1.86. The van der Waals surface area contributed by atoms with Crippen LogP contribution in [-0.4, -0.2) is 60.1 Å². The van der Waals surface area contributed by atoms with Gasteiger partial charge in [0.25, 0.3) is 0 Å². The molecule has 2 aliphatic rings. The number of piperazine rings is 1. The maximum atomic E-state index is 12.1. The highest BCUT2D eigenvalue weighted by atomic mass is 16.3. The average Bonchev–Trinajstić information content (AvgIpc) is 2.76. The van der Waals surface area contributed by atoms with Crippen LogP contribution in [0.2, 0.25) is 0 Å². The zero-order valence-electron chi connectivity index (χ0n) is 10.7. The van der Waals surface area contributed by atoms with Gasteiger partial charge >= 0.3 is 0 Å². The number of hydrogen-bond donors (Lipinski definition) is 3. The van der Waals surface area contributed by atoms with Crippen LogP contribution in [0.5, 0.6) is 0 Å². The quantitative estimate of drug-likeness (QED) is 0.594. The number of aliphatic hydroxyl groups is 1. The van der Waals surface area contributed by atoms with Crippen molar-refractivity contribution in [2.75, 3.05) is 26.7 Å². The molecule has 0 radical (unpaired) electrons. The smallest absolute Gasteiger partial charge is 0.241 e. The van der Waals surface area contributed by atoms with Crippen molar-refractivity contribution in [1.29, 1.82) is 0 Å². The van der Waals surface area contributed by atoms with Crippen LogP contribution in [0.15, 0.2) is 0 Å². The minimum atomic E-state index is -0.720. The monoisotopic (exact) mass is 255 g/mol. The fourth-order valence-electron chi connectivity index (χ4n) is 2.72. The number of nitrogens with zero attached hydrogens (tertiary/aromatic N) is 1. The molecule has 1 heterocycles. The molecule has 2 rings (SSSR count). The summed E-state index contributed by atoms with van der Waals surface area (Å²) in [6.45, 7) is 0.868. The second-order valence-electron chi connectivity index (χ2n) is 5.36. The predicted octanol–water partition coefficient (Wildman–Crippen LogP) is -1.16. The summed E-state index contributed by atoms with van der Waals surface area (Å²) in [5, 5.41) is 15.8. The van der Waals surface area contributed by atoms with Crippen molar-refractivity contribution in [3.05, 3.63) is 0 Å². The van der Waals surface area contributed by atoms with Crippen molar-refractivity contribution < 1.29 is 14.7 Å². The lowest BCUT2D eigenvalue weighted by molar-refractivity contribution is -0.136. The molecule has 2 fully saturated rings. The molecule has 0 aromatic heterocycles. The Morgan fingerprint density at radius 3 is 2.72 bits per heavy atom. The lowest BCUT2D eigenvalue weighted by Gasteiger charge is -2.32. The molecule has 1 saturated heterocycles. The van der Waals surface area contributed by atoms with Crippen molar-refractivity contribution in [2.24, 2.45) is 0 Å². The summed E-state index contributed by atoms with van der Waals surface area (Å²) in [6, 6.07) is -0.377. The van der Waals surface area contributed by atoms with Gasteiger partial charge in [0.05, 0.1) is 12.1 Å². The molecule has 6 heteroatoms. The van der Waals surface area contributed by atoms with Crippen LogP contribution in [-0.2, 0) is 9.59 Å². The normalized spacial score (nSPS) is 26.8. The molecule has 18 heavy (non-hydrogen) atoms. The Labute approximate surface area is 107 Å². The fraction of sp³-hybridized carbons (Fsp3) is 0.833. The first-order chi connectivity index (χ1) is 8.50. The van der Waals surface area contributed by atoms with Gasteiger partial charge in [0.2, 0.25) is 11.8 Å². The molecule has 102 valence electrons. The highest BCUT2D eigenvalue weighted by Gasteiger charge is 2.35. The topological polar surface area (TPSA) is 81.7 Å². The zero-order chi connectivity index (χ0) is 13.2. The molecular formula is C12H21N3O3. The van der Waals surface area contributed by atoms with E-state index in [4.69, 9.17) is 0 Å². The number of carbonyl (C=O) groups is 2. The van der Waals surface area contributed by atoms with Gasteiger partial charge in [-0.05, 0) is 12.8 Å². The van der Waals surface area contributed by atoms with E-state index in [0.29, 0.717) is 13.1 Å². The lowest BCUT2D eigenvalue weighted by atomic mass is 10.0. The zero-order valence-corrected chi connectivity index (χ0v) is 10.7. The van der Waals surface area contributed by atoms with E-state index in [0.717, 1.165) is 25.7 Å². The maximum Gasteiger partial charge on any atom is 0.241 e. The number of hydrogen-bond acceptors (Lipinski definition) is 4. The molecular weight excluding hydrogens is 234 g/mol. The van der Waals surface area contributed by atoms with E-state index in [-0.39, 0.29) is 24.4 Å². The van der Waals surface area contributed by atoms with Gasteiger partial charge in [-0.2, -0.15) is 0 Å². The van der Waals surface area contributed by atoms with Crippen molar-refractivity contribution in [3.63, 3.8) is 0 Å². The van der Waals surface area contributed by atoms with E-state index in [9.17, 15) is 14.7 Å². The minimum Gasteiger partial charge on any atom is -0.388 e. The second kappa shape index (κ2) is 5.24. The molecule has 3 N–H and O–H groups in total. The molecule has 1 aliphatic heterocycles. The Kier molecular flexibility index (Phi) is 3.87. The number of rotatable bonds is 3. The summed E-state index contributed by atoms with van der Waals surface area (Å²) in [6.07, 6.45) is 3.57. The Hall–Kier alpha value is -1.14. The van der Waals surface area contributed by atoms with E-state index < -0.39 is 5.60 Å². The molecule has 6 nitrogen and oxygen atoms in total. The van der Waals surface area contributed by atoms with Gasteiger partial charge in [0.15, 0.2) is 0 Å². The van der Waals surface area contributed by atoms with Gasteiger partial charge in [0.1, 0.15) is 6.04 Å². The van der Waals surface area contributed by atoms with E-state index >= 15 is 0 Å². The first-order valence-electron chi connectivity index (χ1n) is 6.48. The SMILES string of the molecule is CN(CC1(O)CCCC1)C(=O)C1CNC(=O)CN1. The summed E-state index contributed by atoms with van der Waals surface area (Å²) >= 11 is 0. The van der Waals surface area contributed by atoms with Crippen LogP contribution >= 0.6 is 0 Å². The Bertz CT molecular complexity index is 329. The Morgan fingerprint density at radius 2 is 2.17 bits per heavy atom.